The number of allylic oxidation sites excluding steroid dienone is 2. The summed E-state index contributed by atoms with van der Waals surface area (Å²) < 4.78 is 13.0. The van der Waals surface area contributed by atoms with Crippen molar-refractivity contribution in [3.8, 4) is 0 Å². The maximum Gasteiger partial charge on any atom is 0.249 e. The zero-order valence-corrected chi connectivity index (χ0v) is 33.0. The number of likely N-dealkylation sites (tertiary alicyclic amines) is 2. The number of aliphatic hydroxyl groups is 1. The highest BCUT2D eigenvalue weighted by atomic mass is 16.5. The van der Waals surface area contributed by atoms with Crippen LogP contribution in [0, 0.1) is 35.5 Å². The summed E-state index contributed by atoms with van der Waals surface area (Å²) in [6, 6.07) is -0.497. The van der Waals surface area contributed by atoms with Gasteiger partial charge in [0.2, 0.25) is 17.7 Å². The second-order valence-corrected chi connectivity index (χ2v) is 18.2. The maximum absolute atomic E-state index is 13.2. The Morgan fingerprint density at radius 2 is 1.47 bits per heavy atom. The van der Waals surface area contributed by atoms with Gasteiger partial charge in [0.25, 0.3) is 0 Å². The molecule has 9 heteroatoms. The molecule has 7 rings (SSSR count). The summed E-state index contributed by atoms with van der Waals surface area (Å²) >= 11 is 0. The third-order valence-electron chi connectivity index (χ3n) is 14.9. The summed E-state index contributed by atoms with van der Waals surface area (Å²) in [7, 11) is 0. The molecule has 7 fully saturated rings. The van der Waals surface area contributed by atoms with Crippen LogP contribution >= 0.6 is 0 Å². The number of carbonyl (C=O) groups excluding carboxylic acids is 3. The van der Waals surface area contributed by atoms with Gasteiger partial charge in [0.05, 0.1) is 24.9 Å². The van der Waals surface area contributed by atoms with Gasteiger partial charge in [-0.2, -0.15) is 0 Å². The van der Waals surface area contributed by atoms with Gasteiger partial charge in [-0.25, -0.2) is 0 Å². The van der Waals surface area contributed by atoms with Gasteiger partial charge in [0, 0.05) is 38.6 Å². The second-order valence-electron chi connectivity index (χ2n) is 18.2. The quantitative estimate of drug-likeness (QED) is 0.156. The van der Waals surface area contributed by atoms with Crippen LogP contribution in [0.25, 0.3) is 0 Å². The lowest BCUT2D eigenvalue weighted by Gasteiger charge is -2.40. The molecule has 3 saturated heterocycles. The predicted molar refractivity (Wildman–Crippen MR) is 206 cm³/mol. The second kappa shape index (κ2) is 18.9. The number of nitrogens with one attached hydrogen (secondary N) is 1. The van der Waals surface area contributed by atoms with Crippen LogP contribution in [0.1, 0.15) is 148 Å². The smallest absolute Gasteiger partial charge is 0.249 e. The lowest BCUT2D eigenvalue weighted by Crippen LogP contribution is -2.53. The molecule has 0 spiro atoms. The Kier molecular flexibility index (Phi) is 14.0. The zero-order valence-electron chi connectivity index (χ0n) is 33.0. The van der Waals surface area contributed by atoms with Gasteiger partial charge in [-0.15, -0.1) is 0 Å². The molecule has 0 bridgehead atoms. The molecule has 7 aliphatic rings. The molecule has 5 atom stereocenters. The van der Waals surface area contributed by atoms with Crippen molar-refractivity contribution in [2.45, 2.75) is 173 Å². The Bertz CT molecular complexity index is 1270. The summed E-state index contributed by atoms with van der Waals surface area (Å²) in [5, 5.41) is 12.7. The Morgan fingerprint density at radius 1 is 0.755 bits per heavy atom. The molecule has 5 unspecified atom stereocenters. The Labute approximate surface area is 319 Å². The van der Waals surface area contributed by atoms with Gasteiger partial charge < -0.3 is 24.4 Å². The number of aliphatic hydroxyl groups excluding tert-OH is 1. The van der Waals surface area contributed by atoms with Crippen LogP contribution in [0.15, 0.2) is 11.1 Å². The van der Waals surface area contributed by atoms with Crippen molar-refractivity contribution < 1.29 is 29.0 Å². The van der Waals surface area contributed by atoms with Crippen molar-refractivity contribution in [2.24, 2.45) is 35.5 Å². The molecule has 0 radical (unpaired) electrons. The molecule has 4 saturated carbocycles. The number of hydrogen-bond acceptors (Lipinski definition) is 7. The highest BCUT2D eigenvalue weighted by Gasteiger charge is 2.48. The number of rotatable bonds is 13. The van der Waals surface area contributed by atoms with Crippen molar-refractivity contribution in [1.82, 2.24) is 15.1 Å². The number of amides is 3. The molecule has 298 valence electrons. The van der Waals surface area contributed by atoms with Gasteiger partial charge in [-0.1, -0.05) is 37.3 Å². The van der Waals surface area contributed by atoms with Gasteiger partial charge in [-0.3, -0.25) is 19.7 Å². The van der Waals surface area contributed by atoms with Crippen molar-refractivity contribution in [3.63, 3.8) is 0 Å². The van der Waals surface area contributed by atoms with Crippen LogP contribution in [0.2, 0.25) is 0 Å². The van der Waals surface area contributed by atoms with Crippen LogP contribution in [-0.4, -0.2) is 96.4 Å². The summed E-state index contributed by atoms with van der Waals surface area (Å²) in [5.74, 6) is 2.68. The first-order valence-electron chi connectivity index (χ1n) is 22.4. The maximum atomic E-state index is 13.2. The summed E-state index contributed by atoms with van der Waals surface area (Å²) in [6.07, 6.45) is 25.0. The highest BCUT2D eigenvalue weighted by Crippen LogP contribution is 2.46. The predicted octanol–water partition coefficient (Wildman–Crippen LogP) is 6.95. The number of ether oxygens (including phenoxy) is 2. The van der Waals surface area contributed by atoms with Gasteiger partial charge >= 0.3 is 0 Å². The minimum Gasteiger partial charge on any atom is -0.393 e. The summed E-state index contributed by atoms with van der Waals surface area (Å²) in [6.45, 7) is 7.98. The van der Waals surface area contributed by atoms with Gasteiger partial charge in [0.1, 0.15) is 6.04 Å². The molecular weight excluding hydrogens is 666 g/mol. The highest BCUT2D eigenvalue weighted by molar-refractivity contribution is 6.02. The van der Waals surface area contributed by atoms with Crippen LogP contribution in [0.4, 0.5) is 0 Å². The van der Waals surface area contributed by atoms with Gasteiger partial charge in [0.15, 0.2) is 0 Å². The third kappa shape index (κ3) is 9.96. The van der Waals surface area contributed by atoms with Crippen LogP contribution < -0.4 is 5.32 Å². The average Bonchev–Trinajstić information content (AvgIpc) is 3.50. The molecule has 0 aromatic rings. The first kappa shape index (κ1) is 39.4. The minimum absolute atomic E-state index is 0.00343. The molecule has 4 aliphatic carbocycles. The van der Waals surface area contributed by atoms with E-state index in [0.717, 1.165) is 76.7 Å². The van der Waals surface area contributed by atoms with E-state index < -0.39 is 6.04 Å². The number of fused-ring (bicyclic) bond motifs is 1. The molecule has 53 heavy (non-hydrogen) atoms. The van der Waals surface area contributed by atoms with Crippen molar-refractivity contribution >= 4 is 17.7 Å². The molecular formula is C44H71N3O6. The van der Waals surface area contributed by atoms with Crippen LogP contribution in [-0.2, 0) is 23.9 Å². The van der Waals surface area contributed by atoms with E-state index in [-0.39, 0.29) is 41.8 Å². The lowest BCUT2D eigenvalue weighted by molar-refractivity contribution is -0.145. The van der Waals surface area contributed by atoms with Crippen molar-refractivity contribution in [1.29, 1.82) is 0 Å². The molecule has 0 aromatic carbocycles. The fourth-order valence-electron chi connectivity index (χ4n) is 12.0. The van der Waals surface area contributed by atoms with E-state index in [2.05, 4.69) is 17.1 Å². The van der Waals surface area contributed by atoms with E-state index in [1.165, 1.54) is 96.4 Å². The van der Waals surface area contributed by atoms with E-state index in [1.807, 2.05) is 11.1 Å². The number of hydrogen-bond donors (Lipinski definition) is 2. The number of piperidine rings is 2. The Morgan fingerprint density at radius 3 is 2.21 bits per heavy atom. The molecule has 9 nitrogen and oxygen atoms in total. The minimum atomic E-state index is -0.497. The standard InChI is InChI=1S/C44H71N3O6/c1-2-38(31-8-4-3-5-9-31)42(32-10-14-35(48)15-11-32)33-12-16-36(17-13-33)53-26-24-46-23-6-7-30(28-46)22-25-52-37-18-19-39-34(27-37)29-47(44(39)51)40-20-21-41(49)45-43(40)50/h30-37,39-40,48H,2-29H2,1H3,(H,45,49,50)/b42-38-. The zero-order chi connectivity index (χ0) is 36.7. The molecule has 3 amide bonds. The topological polar surface area (TPSA) is 108 Å². The summed E-state index contributed by atoms with van der Waals surface area (Å²) in [4.78, 5) is 41.6. The molecule has 3 heterocycles. The Hall–Kier alpha value is -1.81. The first-order chi connectivity index (χ1) is 25.9. The van der Waals surface area contributed by atoms with E-state index in [0.29, 0.717) is 37.3 Å². The van der Waals surface area contributed by atoms with E-state index in [4.69, 9.17) is 9.47 Å². The number of nitrogens with zero attached hydrogens (tertiary/aromatic N) is 2. The van der Waals surface area contributed by atoms with E-state index >= 15 is 0 Å². The van der Waals surface area contributed by atoms with Crippen LogP contribution in [0.5, 0.6) is 0 Å². The fraction of sp³-hybridized carbons (Fsp3) is 0.886. The van der Waals surface area contributed by atoms with Crippen LogP contribution in [0.3, 0.4) is 0 Å². The largest absolute Gasteiger partial charge is 0.393 e. The molecule has 2 N–H and O–H groups in total. The van der Waals surface area contributed by atoms with E-state index in [9.17, 15) is 19.5 Å². The normalized spacial score (nSPS) is 37.0. The molecule has 0 aromatic heterocycles. The molecule has 3 aliphatic heterocycles. The number of imide groups is 1. The van der Waals surface area contributed by atoms with Crippen molar-refractivity contribution in [2.75, 3.05) is 39.4 Å². The lowest BCUT2D eigenvalue weighted by atomic mass is 9.68. The van der Waals surface area contributed by atoms with Gasteiger partial charge in [-0.05, 0) is 152 Å². The SMILES string of the molecule is CC/C(=C(\C1CCC(O)CC1)C1CCC(OCCN2CCCC(CCOC3CCC4C(=O)N(C5CCC(=O)NC5=O)CC4C3)C2)CC1)C1CCCCC1. The van der Waals surface area contributed by atoms with E-state index in [1.54, 1.807) is 4.90 Å². The summed E-state index contributed by atoms with van der Waals surface area (Å²) in [5.41, 5.74) is 3.68. The first-order valence-corrected chi connectivity index (χ1v) is 22.4. The number of carbonyl (C=O) groups is 3. The monoisotopic (exact) mass is 738 g/mol. The third-order valence-corrected chi connectivity index (χ3v) is 14.9. The van der Waals surface area contributed by atoms with Crippen molar-refractivity contribution in [3.05, 3.63) is 11.1 Å². The Balaban J connectivity index is 0.807. The average molecular weight is 738 g/mol. The fourth-order valence-corrected chi connectivity index (χ4v) is 12.0.